The summed E-state index contributed by atoms with van der Waals surface area (Å²) in [6.45, 7) is 5.90. The Morgan fingerprint density at radius 1 is 1.57 bits per heavy atom. The molecule has 1 rings (SSSR count). The SMILES string of the molecule is C=CCCOC(=O)c1cccc(C)c1. The van der Waals surface area contributed by atoms with Gasteiger partial charge in [0, 0.05) is 0 Å². The highest BCUT2D eigenvalue weighted by Crippen LogP contribution is 2.05. The van der Waals surface area contributed by atoms with Crippen molar-refractivity contribution in [2.24, 2.45) is 0 Å². The molecule has 0 unspecified atom stereocenters. The summed E-state index contributed by atoms with van der Waals surface area (Å²) in [6, 6.07) is 7.36. The van der Waals surface area contributed by atoms with Gasteiger partial charge in [-0.3, -0.25) is 0 Å². The molecule has 2 nitrogen and oxygen atoms in total. The molecule has 0 saturated carbocycles. The van der Waals surface area contributed by atoms with Crippen LogP contribution in [0.5, 0.6) is 0 Å². The van der Waals surface area contributed by atoms with E-state index < -0.39 is 0 Å². The lowest BCUT2D eigenvalue weighted by molar-refractivity contribution is 0.0511. The summed E-state index contributed by atoms with van der Waals surface area (Å²) < 4.78 is 5.01. The van der Waals surface area contributed by atoms with Crippen LogP contribution in [0.1, 0.15) is 22.3 Å². The van der Waals surface area contributed by atoms with E-state index in [9.17, 15) is 4.79 Å². The molecule has 14 heavy (non-hydrogen) atoms. The van der Waals surface area contributed by atoms with Crippen molar-refractivity contribution in [2.45, 2.75) is 13.3 Å². The summed E-state index contributed by atoms with van der Waals surface area (Å²) in [7, 11) is 0. The molecular formula is C12H14O2. The van der Waals surface area contributed by atoms with Crippen molar-refractivity contribution in [3.05, 3.63) is 48.0 Å². The Morgan fingerprint density at radius 3 is 3.00 bits per heavy atom. The van der Waals surface area contributed by atoms with Gasteiger partial charge in [-0.05, 0) is 25.5 Å². The minimum absolute atomic E-state index is 0.268. The maximum atomic E-state index is 11.4. The fourth-order valence-corrected chi connectivity index (χ4v) is 1.09. The first-order valence-corrected chi connectivity index (χ1v) is 4.58. The molecule has 0 amide bonds. The van der Waals surface area contributed by atoms with Gasteiger partial charge in [0.25, 0.3) is 0 Å². The van der Waals surface area contributed by atoms with Gasteiger partial charge in [-0.2, -0.15) is 0 Å². The van der Waals surface area contributed by atoms with Gasteiger partial charge in [0.2, 0.25) is 0 Å². The topological polar surface area (TPSA) is 26.3 Å². The lowest BCUT2D eigenvalue weighted by atomic mass is 10.1. The van der Waals surface area contributed by atoms with E-state index in [0.717, 1.165) is 5.56 Å². The lowest BCUT2D eigenvalue weighted by Crippen LogP contribution is -2.05. The van der Waals surface area contributed by atoms with Gasteiger partial charge < -0.3 is 4.74 Å². The predicted molar refractivity (Wildman–Crippen MR) is 56.3 cm³/mol. The number of rotatable bonds is 4. The fourth-order valence-electron chi connectivity index (χ4n) is 1.09. The van der Waals surface area contributed by atoms with E-state index in [1.807, 2.05) is 25.1 Å². The van der Waals surface area contributed by atoms with E-state index in [1.54, 1.807) is 12.1 Å². The third-order valence-electron chi connectivity index (χ3n) is 1.81. The first-order chi connectivity index (χ1) is 6.74. The van der Waals surface area contributed by atoms with E-state index in [1.165, 1.54) is 0 Å². The summed E-state index contributed by atoms with van der Waals surface area (Å²) in [5.41, 5.74) is 1.66. The molecule has 1 aromatic carbocycles. The molecule has 0 aliphatic carbocycles. The average molecular weight is 190 g/mol. The zero-order valence-electron chi connectivity index (χ0n) is 8.32. The van der Waals surface area contributed by atoms with Gasteiger partial charge in [-0.15, -0.1) is 6.58 Å². The van der Waals surface area contributed by atoms with E-state index >= 15 is 0 Å². The summed E-state index contributed by atoms with van der Waals surface area (Å²) in [4.78, 5) is 11.4. The maximum Gasteiger partial charge on any atom is 0.338 e. The van der Waals surface area contributed by atoms with Crippen molar-refractivity contribution in [3.63, 3.8) is 0 Å². The van der Waals surface area contributed by atoms with Crippen molar-refractivity contribution in [2.75, 3.05) is 6.61 Å². The molecule has 0 atom stereocenters. The van der Waals surface area contributed by atoms with Crippen LogP contribution in [-0.4, -0.2) is 12.6 Å². The fraction of sp³-hybridized carbons (Fsp3) is 0.250. The molecule has 0 spiro atoms. The molecule has 0 bridgehead atoms. The number of esters is 1. The zero-order valence-corrected chi connectivity index (χ0v) is 8.32. The summed E-state index contributed by atoms with van der Waals surface area (Å²) >= 11 is 0. The number of aryl methyl sites for hydroxylation is 1. The predicted octanol–water partition coefficient (Wildman–Crippen LogP) is 2.73. The quantitative estimate of drug-likeness (QED) is 0.414. The highest BCUT2D eigenvalue weighted by atomic mass is 16.5. The molecule has 0 aromatic heterocycles. The van der Waals surface area contributed by atoms with Crippen molar-refractivity contribution in [1.82, 2.24) is 0 Å². The van der Waals surface area contributed by atoms with Gasteiger partial charge >= 0.3 is 5.97 Å². The Kier molecular flexibility index (Phi) is 3.92. The van der Waals surface area contributed by atoms with E-state index in [4.69, 9.17) is 4.74 Å². The smallest absolute Gasteiger partial charge is 0.338 e. The summed E-state index contributed by atoms with van der Waals surface area (Å²) in [5.74, 6) is -0.268. The molecule has 74 valence electrons. The van der Waals surface area contributed by atoms with Crippen LogP contribution in [0.4, 0.5) is 0 Å². The molecule has 0 radical (unpaired) electrons. The second kappa shape index (κ2) is 5.22. The van der Waals surface area contributed by atoms with Crippen LogP contribution in [0.2, 0.25) is 0 Å². The molecule has 0 fully saturated rings. The second-order valence-corrected chi connectivity index (χ2v) is 3.08. The molecule has 0 N–H and O–H groups in total. The number of benzene rings is 1. The van der Waals surface area contributed by atoms with Crippen molar-refractivity contribution in [1.29, 1.82) is 0 Å². The molecule has 1 aromatic rings. The normalized spacial score (nSPS) is 9.50. The highest BCUT2D eigenvalue weighted by Gasteiger charge is 2.05. The van der Waals surface area contributed by atoms with Crippen molar-refractivity contribution < 1.29 is 9.53 Å². The Hall–Kier alpha value is -1.57. The number of carbonyl (C=O) groups is 1. The first kappa shape index (κ1) is 10.5. The summed E-state index contributed by atoms with van der Waals surface area (Å²) in [6.07, 6.45) is 2.42. The first-order valence-electron chi connectivity index (χ1n) is 4.58. The van der Waals surface area contributed by atoms with E-state index in [2.05, 4.69) is 6.58 Å². The molecule has 0 aliphatic rings. The third kappa shape index (κ3) is 3.05. The monoisotopic (exact) mass is 190 g/mol. The number of hydrogen-bond acceptors (Lipinski definition) is 2. The van der Waals surface area contributed by atoms with Crippen molar-refractivity contribution >= 4 is 5.97 Å². The van der Waals surface area contributed by atoms with E-state index in [-0.39, 0.29) is 5.97 Å². The Bertz CT molecular complexity index is 329. The van der Waals surface area contributed by atoms with Gasteiger partial charge in [0.1, 0.15) is 0 Å². The van der Waals surface area contributed by atoms with Crippen molar-refractivity contribution in [3.8, 4) is 0 Å². The molecular weight excluding hydrogens is 176 g/mol. The van der Waals surface area contributed by atoms with Crippen LogP contribution >= 0.6 is 0 Å². The zero-order chi connectivity index (χ0) is 10.4. The van der Waals surface area contributed by atoms with Gasteiger partial charge in [-0.1, -0.05) is 23.8 Å². The van der Waals surface area contributed by atoms with Crippen LogP contribution in [0.25, 0.3) is 0 Å². The molecule has 0 aliphatic heterocycles. The second-order valence-electron chi connectivity index (χ2n) is 3.08. The minimum atomic E-state index is -0.268. The Morgan fingerprint density at radius 2 is 2.36 bits per heavy atom. The lowest BCUT2D eigenvalue weighted by Gasteiger charge is -2.03. The van der Waals surface area contributed by atoms with Crippen LogP contribution < -0.4 is 0 Å². The highest BCUT2D eigenvalue weighted by molar-refractivity contribution is 5.89. The maximum absolute atomic E-state index is 11.4. The average Bonchev–Trinajstić information content (AvgIpc) is 2.18. The molecule has 0 heterocycles. The van der Waals surface area contributed by atoms with Crippen LogP contribution in [0, 0.1) is 6.92 Å². The number of ether oxygens (including phenoxy) is 1. The van der Waals surface area contributed by atoms with E-state index in [0.29, 0.717) is 18.6 Å². The minimum Gasteiger partial charge on any atom is -0.462 e. The molecule has 0 saturated heterocycles. The van der Waals surface area contributed by atoms with Crippen LogP contribution in [0.15, 0.2) is 36.9 Å². The van der Waals surface area contributed by atoms with Gasteiger partial charge in [0.15, 0.2) is 0 Å². The molecule has 2 heteroatoms. The largest absolute Gasteiger partial charge is 0.462 e. The number of hydrogen-bond donors (Lipinski definition) is 0. The van der Waals surface area contributed by atoms with Crippen LogP contribution in [-0.2, 0) is 4.74 Å². The Labute approximate surface area is 84.2 Å². The van der Waals surface area contributed by atoms with Crippen LogP contribution in [0.3, 0.4) is 0 Å². The standard InChI is InChI=1S/C12H14O2/c1-3-4-8-14-12(13)11-7-5-6-10(2)9-11/h3,5-7,9H,1,4,8H2,2H3. The third-order valence-corrected chi connectivity index (χ3v) is 1.81. The number of carbonyl (C=O) groups excluding carboxylic acids is 1. The van der Waals surface area contributed by atoms with Gasteiger partial charge in [0.05, 0.1) is 12.2 Å². The summed E-state index contributed by atoms with van der Waals surface area (Å²) in [5, 5.41) is 0. The Balaban J connectivity index is 2.56. The van der Waals surface area contributed by atoms with Gasteiger partial charge in [-0.25, -0.2) is 4.79 Å².